The second kappa shape index (κ2) is 6.67. The van der Waals surface area contributed by atoms with E-state index in [1.54, 1.807) is 0 Å². The molecule has 3 nitrogen and oxygen atoms in total. The number of aromatic nitrogens is 2. The van der Waals surface area contributed by atoms with Gasteiger partial charge in [0, 0.05) is 29.4 Å². The first-order chi connectivity index (χ1) is 10.3. The summed E-state index contributed by atoms with van der Waals surface area (Å²) < 4.78 is 1.88. The second-order valence-corrected chi connectivity index (χ2v) is 7.13. The highest BCUT2D eigenvalue weighted by Crippen LogP contribution is 2.40. The van der Waals surface area contributed by atoms with E-state index in [4.69, 9.17) is 0 Å². The zero-order chi connectivity index (χ0) is 14.7. The van der Waals surface area contributed by atoms with Crippen LogP contribution in [0.2, 0.25) is 0 Å². The van der Waals surface area contributed by atoms with Gasteiger partial charge in [0.25, 0.3) is 0 Å². The van der Waals surface area contributed by atoms with Gasteiger partial charge in [-0.1, -0.05) is 30.3 Å². The molecule has 0 radical (unpaired) electrons. The molecule has 0 saturated heterocycles. The van der Waals surface area contributed by atoms with Crippen LogP contribution in [0, 0.1) is 0 Å². The number of nitrogens with zero attached hydrogens (tertiary/aromatic N) is 2. The van der Waals surface area contributed by atoms with Crippen molar-refractivity contribution in [3.8, 4) is 0 Å². The van der Waals surface area contributed by atoms with Gasteiger partial charge in [-0.3, -0.25) is 4.68 Å². The summed E-state index contributed by atoms with van der Waals surface area (Å²) in [6.45, 7) is 0. The molecule has 21 heavy (non-hydrogen) atoms. The van der Waals surface area contributed by atoms with Gasteiger partial charge in [-0.2, -0.15) is 5.10 Å². The molecule has 1 fully saturated rings. The van der Waals surface area contributed by atoms with E-state index in [0.717, 1.165) is 0 Å². The Bertz CT molecular complexity index is 566. The zero-order valence-corrected chi connectivity index (χ0v) is 13.5. The average molecular weight is 301 g/mol. The molecule has 3 rings (SSSR count). The van der Waals surface area contributed by atoms with Crippen molar-refractivity contribution in [2.45, 2.75) is 41.4 Å². The van der Waals surface area contributed by atoms with Gasteiger partial charge in [-0.05, 0) is 37.8 Å². The number of benzene rings is 1. The van der Waals surface area contributed by atoms with Crippen LogP contribution in [0.15, 0.2) is 47.6 Å². The Hall–Kier alpha value is -1.26. The largest absolute Gasteiger partial charge is 0.316 e. The van der Waals surface area contributed by atoms with Gasteiger partial charge in [0.2, 0.25) is 0 Å². The lowest BCUT2D eigenvalue weighted by Gasteiger charge is -2.35. The minimum absolute atomic E-state index is 0.593. The van der Waals surface area contributed by atoms with Crippen molar-refractivity contribution in [3.63, 3.8) is 0 Å². The zero-order valence-electron chi connectivity index (χ0n) is 12.7. The van der Waals surface area contributed by atoms with Crippen molar-refractivity contribution in [1.29, 1.82) is 0 Å². The number of rotatable bonds is 4. The Morgan fingerprint density at radius 1 is 1.24 bits per heavy atom. The summed E-state index contributed by atoms with van der Waals surface area (Å²) in [5.41, 5.74) is 1.49. The van der Waals surface area contributed by atoms with E-state index in [9.17, 15) is 0 Å². The fourth-order valence-corrected chi connectivity index (χ4v) is 4.69. The van der Waals surface area contributed by atoms with Gasteiger partial charge in [-0.25, -0.2) is 0 Å². The molecular weight excluding hydrogens is 278 g/mol. The molecule has 0 amide bonds. The quantitative estimate of drug-likeness (QED) is 0.938. The van der Waals surface area contributed by atoms with Crippen molar-refractivity contribution >= 4 is 11.8 Å². The van der Waals surface area contributed by atoms with Crippen LogP contribution >= 0.6 is 11.8 Å². The minimum Gasteiger partial charge on any atom is -0.316 e. The van der Waals surface area contributed by atoms with E-state index in [1.165, 1.54) is 29.7 Å². The second-order valence-electron chi connectivity index (χ2n) is 5.82. The summed E-state index contributed by atoms with van der Waals surface area (Å²) >= 11 is 1.97. The third-order valence-electron chi connectivity index (χ3n) is 4.40. The van der Waals surface area contributed by atoms with Crippen LogP contribution in [0.3, 0.4) is 0 Å². The summed E-state index contributed by atoms with van der Waals surface area (Å²) in [6.07, 6.45) is 7.84. The highest BCUT2D eigenvalue weighted by Gasteiger charge is 2.31. The molecule has 1 saturated carbocycles. The van der Waals surface area contributed by atoms with Crippen molar-refractivity contribution in [1.82, 2.24) is 15.1 Å². The van der Waals surface area contributed by atoms with Crippen molar-refractivity contribution in [2.24, 2.45) is 7.05 Å². The number of nitrogens with one attached hydrogen (secondary N) is 1. The molecule has 3 atom stereocenters. The number of thioether (sulfide) groups is 1. The molecule has 2 aromatic rings. The third-order valence-corrected chi connectivity index (χ3v) is 5.71. The van der Waals surface area contributed by atoms with Crippen molar-refractivity contribution in [3.05, 3.63) is 48.3 Å². The highest BCUT2D eigenvalue weighted by molar-refractivity contribution is 8.00. The first-order valence-corrected chi connectivity index (χ1v) is 8.51. The molecule has 1 N–H and O–H groups in total. The van der Waals surface area contributed by atoms with Crippen LogP contribution in [0.5, 0.6) is 0 Å². The fraction of sp³-hybridized carbons (Fsp3) is 0.471. The van der Waals surface area contributed by atoms with Crippen LogP contribution in [0.25, 0.3) is 0 Å². The molecule has 4 heteroatoms. The van der Waals surface area contributed by atoms with Crippen LogP contribution < -0.4 is 5.32 Å². The van der Waals surface area contributed by atoms with E-state index < -0.39 is 0 Å². The van der Waals surface area contributed by atoms with Gasteiger partial charge in [0.1, 0.15) is 0 Å². The first kappa shape index (κ1) is 14.7. The lowest BCUT2D eigenvalue weighted by atomic mass is 9.81. The molecule has 0 bridgehead atoms. The van der Waals surface area contributed by atoms with Crippen molar-refractivity contribution < 1.29 is 0 Å². The Morgan fingerprint density at radius 2 is 2.05 bits per heavy atom. The maximum absolute atomic E-state index is 4.29. The van der Waals surface area contributed by atoms with Crippen LogP contribution in [-0.2, 0) is 7.05 Å². The Morgan fingerprint density at radius 3 is 2.71 bits per heavy atom. The van der Waals surface area contributed by atoms with E-state index >= 15 is 0 Å². The van der Waals surface area contributed by atoms with Crippen LogP contribution in [-0.4, -0.2) is 28.1 Å². The lowest BCUT2D eigenvalue weighted by Crippen LogP contribution is -2.40. The molecule has 112 valence electrons. The summed E-state index contributed by atoms with van der Waals surface area (Å²) in [7, 11) is 4.07. The van der Waals surface area contributed by atoms with E-state index in [-0.39, 0.29) is 0 Å². The maximum atomic E-state index is 4.29. The summed E-state index contributed by atoms with van der Waals surface area (Å²) in [5, 5.41) is 8.40. The Balaban J connectivity index is 1.72. The third kappa shape index (κ3) is 3.50. The van der Waals surface area contributed by atoms with Gasteiger partial charge >= 0.3 is 0 Å². The molecule has 1 aromatic carbocycles. The molecule has 1 aliphatic carbocycles. The van der Waals surface area contributed by atoms with Gasteiger partial charge in [-0.15, -0.1) is 11.8 Å². The molecule has 1 aromatic heterocycles. The monoisotopic (exact) mass is 301 g/mol. The predicted molar refractivity (Wildman–Crippen MR) is 88.7 cm³/mol. The molecule has 3 unspecified atom stereocenters. The van der Waals surface area contributed by atoms with Crippen LogP contribution in [0.1, 0.15) is 30.7 Å². The molecule has 0 aliphatic heterocycles. The van der Waals surface area contributed by atoms with Crippen LogP contribution in [0.4, 0.5) is 0 Å². The number of aryl methyl sites for hydroxylation is 1. The fourth-order valence-electron chi connectivity index (χ4n) is 3.25. The van der Waals surface area contributed by atoms with Gasteiger partial charge < -0.3 is 5.32 Å². The topological polar surface area (TPSA) is 29.9 Å². The first-order valence-electron chi connectivity index (χ1n) is 7.64. The number of hydrogen-bond donors (Lipinski definition) is 1. The van der Waals surface area contributed by atoms with Gasteiger partial charge in [0.05, 0.1) is 6.20 Å². The van der Waals surface area contributed by atoms with E-state index in [2.05, 4.69) is 54.0 Å². The normalized spacial score (nSPS) is 25.9. The lowest BCUT2D eigenvalue weighted by molar-refractivity contribution is 0.369. The van der Waals surface area contributed by atoms with E-state index in [0.29, 0.717) is 17.2 Å². The maximum Gasteiger partial charge on any atom is 0.0625 e. The number of hydrogen-bond acceptors (Lipinski definition) is 3. The Kier molecular flexibility index (Phi) is 4.66. The SMILES string of the molecule is CNC1CCC(c2ccccc2)CC1Sc1cnn(C)c1. The average Bonchev–Trinajstić information content (AvgIpc) is 2.93. The van der Waals surface area contributed by atoms with Crippen molar-refractivity contribution in [2.75, 3.05) is 7.05 Å². The summed E-state index contributed by atoms with van der Waals surface area (Å²) in [4.78, 5) is 1.27. The standard InChI is InChI=1S/C17H23N3S/c1-18-16-9-8-14(13-6-4-3-5-7-13)10-17(16)21-15-11-19-20(2)12-15/h3-7,11-12,14,16-18H,8-10H2,1-2H3. The Labute approximate surface area is 131 Å². The summed E-state index contributed by atoms with van der Waals surface area (Å²) in [5.74, 6) is 0.685. The minimum atomic E-state index is 0.593. The smallest absolute Gasteiger partial charge is 0.0625 e. The highest BCUT2D eigenvalue weighted by atomic mass is 32.2. The molecule has 1 heterocycles. The van der Waals surface area contributed by atoms with Gasteiger partial charge in [0.15, 0.2) is 0 Å². The molecule has 1 aliphatic rings. The molecule has 0 spiro atoms. The summed E-state index contributed by atoms with van der Waals surface area (Å²) in [6, 6.07) is 11.6. The van der Waals surface area contributed by atoms with E-state index in [1.807, 2.05) is 29.7 Å². The molecular formula is C17H23N3S. The predicted octanol–water partition coefficient (Wildman–Crippen LogP) is 3.44.